The van der Waals surface area contributed by atoms with Gasteiger partial charge in [-0.3, -0.25) is 4.90 Å². The summed E-state index contributed by atoms with van der Waals surface area (Å²) < 4.78 is 31.2. The zero-order valence-electron chi connectivity index (χ0n) is 12.3. The van der Waals surface area contributed by atoms with E-state index in [1.54, 1.807) is 13.0 Å². The second-order valence-electron chi connectivity index (χ2n) is 5.25. The maximum atomic E-state index is 11.4. The number of halogens is 1. The molecule has 1 aliphatic heterocycles. The lowest BCUT2D eigenvalue weighted by Crippen LogP contribution is -2.59. The van der Waals surface area contributed by atoms with Gasteiger partial charge >= 0.3 is 0 Å². The third kappa shape index (κ3) is 4.85. The van der Waals surface area contributed by atoms with Crippen molar-refractivity contribution < 1.29 is 13.2 Å². The van der Waals surface area contributed by atoms with Crippen LogP contribution in [-0.2, 0) is 10.0 Å². The van der Waals surface area contributed by atoms with Crippen LogP contribution in [-0.4, -0.2) is 50.9 Å². The smallest absolute Gasteiger partial charge is 0.211 e. The van der Waals surface area contributed by atoms with Crippen LogP contribution in [0.1, 0.15) is 13.8 Å². The molecule has 1 aromatic carbocycles. The van der Waals surface area contributed by atoms with Crippen molar-refractivity contribution in [3.05, 3.63) is 29.3 Å². The van der Waals surface area contributed by atoms with Crippen molar-refractivity contribution in [3.63, 3.8) is 0 Å². The van der Waals surface area contributed by atoms with E-state index < -0.39 is 10.0 Å². The summed E-state index contributed by atoms with van der Waals surface area (Å²) >= 11 is 5.91. The molecule has 21 heavy (non-hydrogen) atoms. The first-order valence-electron chi connectivity index (χ1n) is 7.03. The fraction of sp³-hybridized carbons (Fsp3) is 0.571. The van der Waals surface area contributed by atoms with Gasteiger partial charge in [0.25, 0.3) is 0 Å². The fourth-order valence-corrected chi connectivity index (χ4v) is 3.00. The Morgan fingerprint density at radius 3 is 2.81 bits per heavy atom. The highest BCUT2D eigenvalue weighted by Crippen LogP contribution is 2.22. The summed E-state index contributed by atoms with van der Waals surface area (Å²) in [7, 11) is -3.12. The lowest BCUT2D eigenvalue weighted by atomic mass is 10.1. The van der Waals surface area contributed by atoms with Gasteiger partial charge in [-0.15, -0.1) is 0 Å². The van der Waals surface area contributed by atoms with E-state index in [2.05, 4.69) is 9.62 Å². The lowest BCUT2D eigenvalue weighted by Gasteiger charge is -2.42. The summed E-state index contributed by atoms with van der Waals surface area (Å²) in [4.78, 5) is 2.19. The molecule has 7 heteroatoms. The number of likely N-dealkylation sites (tertiary alicyclic amines) is 1. The molecule has 1 fully saturated rings. The maximum absolute atomic E-state index is 11.4. The Hall–Kier alpha value is -0.820. The minimum absolute atomic E-state index is 0.111. The third-order valence-corrected chi connectivity index (χ3v) is 5.18. The van der Waals surface area contributed by atoms with Gasteiger partial charge in [0.15, 0.2) is 0 Å². The highest BCUT2D eigenvalue weighted by Gasteiger charge is 2.32. The zero-order chi connectivity index (χ0) is 15.5. The van der Waals surface area contributed by atoms with Gasteiger partial charge in [-0.05, 0) is 32.0 Å². The Morgan fingerprint density at radius 1 is 1.48 bits per heavy atom. The molecule has 5 nitrogen and oxygen atoms in total. The van der Waals surface area contributed by atoms with Crippen LogP contribution >= 0.6 is 11.6 Å². The predicted octanol–water partition coefficient (Wildman–Crippen LogP) is 1.73. The molecule has 1 heterocycles. The van der Waals surface area contributed by atoms with Crippen LogP contribution in [0.25, 0.3) is 0 Å². The molecule has 1 aromatic rings. The predicted molar refractivity (Wildman–Crippen MR) is 84.4 cm³/mol. The van der Waals surface area contributed by atoms with E-state index in [0.29, 0.717) is 11.6 Å². The zero-order valence-corrected chi connectivity index (χ0v) is 13.8. The second kappa shape index (κ2) is 6.96. The monoisotopic (exact) mass is 332 g/mol. The van der Waals surface area contributed by atoms with Crippen LogP contribution in [0.5, 0.6) is 5.75 Å². The first-order valence-corrected chi connectivity index (χ1v) is 9.06. The van der Waals surface area contributed by atoms with Crippen LogP contribution in [0.3, 0.4) is 0 Å². The molecule has 1 saturated heterocycles. The van der Waals surface area contributed by atoms with Crippen molar-refractivity contribution in [3.8, 4) is 5.75 Å². The summed E-state index contributed by atoms with van der Waals surface area (Å²) in [6.45, 7) is 5.66. The Balaban J connectivity index is 1.73. The molecule has 0 unspecified atom stereocenters. The second-order valence-corrected chi connectivity index (χ2v) is 7.78. The number of nitrogens with zero attached hydrogens (tertiary/aromatic N) is 1. The quantitative estimate of drug-likeness (QED) is 0.826. The van der Waals surface area contributed by atoms with E-state index in [1.807, 2.05) is 25.1 Å². The van der Waals surface area contributed by atoms with Gasteiger partial charge in [0, 0.05) is 30.7 Å². The first kappa shape index (κ1) is 16.5. The third-order valence-electron chi connectivity index (χ3n) is 3.58. The summed E-state index contributed by atoms with van der Waals surface area (Å²) in [5.41, 5.74) is 0. The summed E-state index contributed by atoms with van der Waals surface area (Å²) in [6, 6.07) is 7.50. The maximum Gasteiger partial charge on any atom is 0.211 e. The van der Waals surface area contributed by atoms with Gasteiger partial charge in [-0.2, -0.15) is 0 Å². The molecule has 0 aromatic heterocycles. The summed E-state index contributed by atoms with van der Waals surface area (Å²) in [5, 5.41) is 0.658. The number of ether oxygens (including phenoxy) is 1. The molecule has 0 amide bonds. The van der Waals surface area contributed by atoms with Crippen LogP contribution in [0.4, 0.5) is 0 Å². The number of nitrogens with one attached hydrogen (secondary N) is 1. The van der Waals surface area contributed by atoms with Crippen molar-refractivity contribution in [2.75, 3.05) is 25.4 Å². The lowest BCUT2D eigenvalue weighted by molar-refractivity contribution is -0.00296. The van der Waals surface area contributed by atoms with Crippen LogP contribution in [0, 0.1) is 0 Å². The van der Waals surface area contributed by atoms with Crippen LogP contribution in [0.2, 0.25) is 5.02 Å². The number of hydrogen-bond donors (Lipinski definition) is 1. The van der Waals surface area contributed by atoms with Crippen molar-refractivity contribution in [2.24, 2.45) is 0 Å². The molecular formula is C14H21ClN2O3S. The van der Waals surface area contributed by atoms with Crippen molar-refractivity contribution in [1.29, 1.82) is 0 Å². The molecule has 1 N–H and O–H groups in total. The molecule has 2 rings (SSSR count). The standard InChI is InChI=1S/C14H21ClN2O3S/c1-3-21(18,19)16-8-11(2)17-9-14(10-17)20-13-6-4-5-12(15)7-13/h4-7,11,14,16H,3,8-10H2,1-2H3/t11-/m1/s1. The van der Waals surface area contributed by atoms with E-state index in [4.69, 9.17) is 16.3 Å². The molecular weight excluding hydrogens is 312 g/mol. The van der Waals surface area contributed by atoms with Crippen molar-refractivity contribution >= 4 is 21.6 Å². The van der Waals surface area contributed by atoms with Gasteiger partial charge in [-0.1, -0.05) is 17.7 Å². The van der Waals surface area contributed by atoms with Gasteiger partial charge in [-0.25, -0.2) is 13.1 Å². The van der Waals surface area contributed by atoms with Crippen molar-refractivity contribution in [1.82, 2.24) is 9.62 Å². The number of sulfonamides is 1. The molecule has 0 saturated carbocycles. The SMILES string of the molecule is CCS(=O)(=O)NC[C@@H](C)N1CC(Oc2cccc(Cl)c2)C1. The van der Waals surface area contributed by atoms with Crippen LogP contribution in [0.15, 0.2) is 24.3 Å². The molecule has 118 valence electrons. The van der Waals surface area contributed by atoms with Gasteiger partial charge in [0.1, 0.15) is 11.9 Å². The molecule has 1 aliphatic rings. The molecule has 0 aliphatic carbocycles. The molecule has 0 radical (unpaired) electrons. The van der Waals surface area contributed by atoms with E-state index in [0.717, 1.165) is 18.8 Å². The number of benzene rings is 1. The number of rotatable bonds is 7. The van der Waals surface area contributed by atoms with Crippen molar-refractivity contribution in [2.45, 2.75) is 26.0 Å². The van der Waals surface area contributed by atoms with E-state index in [9.17, 15) is 8.42 Å². The first-order chi connectivity index (χ1) is 9.89. The Morgan fingerprint density at radius 2 is 2.19 bits per heavy atom. The van der Waals surface area contributed by atoms with Gasteiger partial charge in [0.05, 0.1) is 5.75 Å². The fourth-order valence-electron chi connectivity index (χ4n) is 2.12. The van der Waals surface area contributed by atoms with Crippen LogP contribution < -0.4 is 9.46 Å². The Labute approximate surface area is 131 Å². The molecule has 0 bridgehead atoms. The minimum Gasteiger partial charge on any atom is -0.488 e. The highest BCUT2D eigenvalue weighted by molar-refractivity contribution is 7.89. The van der Waals surface area contributed by atoms with E-state index >= 15 is 0 Å². The average molecular weight is 333 g/mol. The Bertz CT molecular complexity index is 573. The molecule has 1 atom stereocenters. The average Bonchev–Trinajstić information content (AvgIpc) is 2.40. The molecule has 0 spiro atoms. The minimum atomic E-state index is -3.12. The van der Waals surface area contributed by atoms with Gasteiger partial charge < -0.3 is 4.74 Å². The normalized spacial score (nSPS) is 18.2. The highest BCUT2D eigenvalue weighted by atomic mass is 35.5. The van der Waals surface area contributed by atoms with E-state index in [1.165, 1.54) is 0 Å². The summed E-state index contributed by atoms with van der Waals surface area (Å²) in [5.74, 6) is 0.881. The van der Waals surface area contributed by atoms with Gasteiger partial charge in [0.2, 0.25) is 10.0 Å². The Kier molecular flexibility index (Phi) is 5.48. The topological polar surface area (TPSA) is 58.6 Å². The number of hydrogen-bond acceptors (Lipinski definition) is 4. The summed E-state index contributed by atoms with van der Waals surface area (Å²) in [6.07, 6.45) is 0.133. The van der Waals surface area contributed by atoms with E-state index in [-0.39, 0.29) is 17.9 Å². The largest absolute Gasteiger partial charge is 0.488 e.